The highest BCUT2D eigenvalue weighted by Crippen LogP contribution is 1.98. The lowest BCUT2D eigenvalue weighted by Gasteiger charge is -2.21. The van der Waals surface area contributed by atoms with Crippen LogP contribution in [0.5, 0.6) is 0 Å². The maximum absolute atomic E-state index is 11.8. The molecule has 0 radical (unpaired) electrons. The van der Waals surface area contributed by atoms with Crippen molar-refractivity contribution in [2.45, 2.75) is 38.8 Å². The van der Waals surface area contributed by atoms with Crippen LogP contribution < -0.4 is 10.6 Å². The molecule has 17 heavy (non-hydrogen) atoms. The largest absolute Gasteiger partial charge is 0.393 e. The van der Waals surface area contributed by atoms with Gasteiger partial charge in [-0.1, -0.05) is 0 Å². The molecule has 0 aromatic rings. The molecular weight excluding hydrogens is 218 g/mol. The number of hydrogen-bond donors (Lipinski definition) is 3. The molecule has 2 atom stereocenters. The summed E-state index contributed by atoms with van der Waals surface area (Å²) in [6.07, 6.45) is 1.33. The molecule has 1 heterocycles. The van der Waals surface area contributed by atoms with Gasteiger partial charge in [0.05, 0.1) is 12.6 Å². The van der Waals surface area contributed by atoms with Crippen LogP contribution in [-0.2, 0) is 4.79 Å². The lowest BCUT2D eigenvalue weighted by atomic mass is 10.1. The second-order valence-electron chi connectivity index (χ2n) is 4.93. The summed E-state index contributed by atoms with van der Waals surface area (Å²) in [5.74, 6) is 0.0556. The topological polar surface area (TPSA) is 64.6 Å². The van der Waals surface area contributed by atoms with Gasteiger partial charge < -0.3 is 15.7 Å². The average molecular weight is 243 g/mol. The van der Waals surface area contributed by atoms with Crippen molar-refractivity contribution in [2.24, 2.45) is 0 Å². The predicted octanol–water partition coefficient (Wildman–Crippen LogP) is -0.443. The van der Waals surface area contributed by atoms with E-state index in [0.29, 0.717) is 13.0 Å². The van der Waals surface area contributed by atoms with E-state index in [1.165, 1.54) is 0 Å². The van der Waals surface area contributed by atoms with Gasteiger partial charge in [0.2, 0.25) is 5.91 Å². The Hall–Kier alpha value is -0.650. The van der Waals surface area contributed by atoms with Gasteiger partial charge in [0.15, 0.2) is 0 Å². The molecular formula is C12H25N3O2. The zero-order valence-electron chi connectivity index (χ0n) is 10.9. The van der Waals surface area contributed by atoms with Crippen molar-refractivity contribution in [1.82, 2.24) is 15.5 Å². The Kier molecular flexibility index (Phi) is 6.47. The van der Waals surface area contributed by atoms with Crippen molar-refractivity contribution >= 4 is 5.91 Å². The fourth-order valence-electron chi connectivity index (χ4n) is 2.15. The quantitative estimate of drug-likeness (QED) is 0.612. The molecule has 1 aliphatic rings. The van der Waals surface area contributed by atoms with Crippen LogP contribution in [0.15, 0.2) is 0 Å². The molecule has 3 N–H and O–H groups in total. The minimum Gasteiger partial charge on any atom is -0.393 e. The van der Waals surface area contributed by atoms with Crippen LogP contribution in [0.25, 0.3) is 0 Å². The van der Waals surface area contributed by atoms with Gasteiger partial charge in [-0.3, -0.25) is 9.69 Å². The fraction of sp³-hybridized carbons (Fsp3) is 0.917. The SMILES string of the molecule is CC(O)CC(C)NC(=O)CN1CCCNCC1. The third-order valence-electron chi connectivity index (χ3n) is 2.90. The average Bonchev–Trinajstić information content (AvgIpc) is 2.44. The first kappa shape index (κ1) is 14.4. The van der Waals surface area contributed by atoms with Crippen molar-refractivity contribution in [1.29, 1.82) is 0 Å². The van der Waals surface area contributed by atoms with Gasteiger partial charge in [-0.15, -0.1) is 0 Å². The predicted molar refractivity (Wildman–Crippen MR) is 67.8 cm³/mol. The molecule has 5 heteroatoms. The molecule has 0 bridgehead atoms. The van der Waals surface area contributed by atoms with Crippen molar-refractivity contribution in [2.75, 3.05) is 32.7 Å². The molecule has 1 aliphatic heterocycles. The highest BCUT2D eigenvalue weighted by molar-refractivity contribution is 5.78. The van der Waals surface area contributed by atoms with Gasteiger partial charge in [0, 0.05) is 19.1 Å². The fourth-order valence-corrected chi connectivity index (χ4v) is 2.15. The molecule has 0 spiro atoms. The number of aliphatic hydroxyl groups excluding tert-OH is 1. The smallest absolute Gasteiger partial charge is 0.234 e. The number of nitrogens with one attached hydrogen (secondary N) is 2. The van der Waals surface area contributed by atoms with Gasteiger partial charge >= 0.3 is 0 Å². The standard InChI is InChI=1S/C12H25N3O2/c1-10(8-11(2)16)14-12(17)9-15-6-3-4-13-5-7-15/h10-11,13,16H,3-9H2,1-2H3,(H,14,17). The van der Waals surface area contributed by atoms with E-state index in [9.17, 15) is 9.90 Å². The van der Waals surface area contributed by atoms with E-state index in [2.05, 4.69) is 15.5 Å². The summed E-state index contributed by atoms with van der Waals surface area (Å²) >= 11 is 0. The summed E-state index contributed by atoms with van der Waals surface area (Å²) in [6, 6.07) is 0.0348. The molecule has 1 amide bonds. The lowest BCUT2D eigenvalue weighted by molar-refractivity contribution is -0.122. The minimum absolute atomic E-state index is 0.0348. The molecule has 1 rings (SSSR count). The maximum Gasteiger partial charge on any atom is 0.234 e. The van der Waals surface area contributed by atoms with Crippen LogP contribution in [0.1, 0.15) is 26.7 Å². The van der Waals surface area contributed by atoms with Gasteiger partial charge in [-0.25, -0.2) is 0 Å². The van der Waals surface area contributed by atoms with E-state index >= 15 is 0 Å². The van der Waals surface area contributed by atoms with Gasteiger partial charge in [0.1, 0.15) is 0 Å². The number of carbonyl (C=O) groups is 1. The molecule has 1 saturated heterocycles. The van der Waals surface area contributed by atoms with E-state index in [-0.39, 0.29) is 18.1 Å². The minimum atomic E-state index is -0.368. The molecule has 1 fully saturated rings. The van der Waals surface area contributed by atoms with E-state index < -0.39 is 0 Å². The normalized spacial score (nSPS) is 21.6. The maximum atomic E-state index is 11.8. The van der Waals surface area contributed by atoms with Crippen molar-refractivity contribution < 1.29 is 9.90 Å². The number of rotatable bonds is 5. The number of carbonyl (C=O) groups excluding carboxylic acids is 1. The first-order chi connectivity index (χ1) is 8.08. The second-order valence-corrected chi connectivity index (χ2v) is 4.93. The summed E-state index contributed by atoms with van der Waals surface area (Å²) in [5, 5.41) is 15.5. The number of amides is 1. The third-order valence-corrected chi connectivity index (χ3v) is 2.90. The Bertz CT molecular complexity index is 226. The first-order valence-corrected chi connectivity index (χ1v) is 6.48. The van der Waals surface area contributed by atoms with Crippen LogP contribution in [0.3, 0.4) is 0 Å². The van der Waals surface area contributed by atoms with E-state index in [1.54, 1.807) is 6.92 Å². The molecule has 0 saturated carbocycles. The molecule has 2 unspecified atom stereocenters. The van der Waals surface area contributed by atoms with E-state index in [4.69, 9.17) is 0 Å². The molecule has 100 valence electrons. The Labute approximate surface area is 104 Å². The number of hydrogen-bond acceptors (Lipinski definition) is 4. The zero-order valence-corrected chi connectivity index (χ0v) is 10.9. The van der Waals surface area contributed by atoms with E-state index in [1.807, 2.05) is 6.92 Å². The van der Waals surface area contributed by atoms with E-state index in [0.717, 1.165) is 32.6 Å². The van der Waals surface area contributed by atoms with Crippen molar-refractivity contribution in [3.05, 3.63) is 0 Å². The summed E-state index contributed by atoms with van der Waals surface area (Å²) in [5.41, 5.74) is 0. The molecule has 0 aliphatic carbocycles. The molecule has 5 nitrogen and oxygen atoms in total. The summed E-state index contributed by atoms with van der Waals surface area (Å²) in [4.78, 5) is 13.9. The van der Waals surface area contributed by atoms with Crippen molar-refractivity contribution in [3.63, 3.8) is 0 Å². The monoisotopic (exact) mass is 243 g/mol. The molecule has 0 aromatic heterocycles. The van der Waals surface area contributed by atoms with Crippen LogP contribution >= 0.6 is 0 Å². The van der Waals surface area contributed by atoms with Gasteiger partial charge in [-0.2, -0.15) is 0 Å². The summed E-state index contributed by atoms with van der Waals surface area (Å²) < 4.78 is 0. The van der Waals surface area contributed by atoms with Crippen LogP contribution in [-0.4, -0.2) is 60.8 Å². The zero-order chi connectivity index (χ0) is 12.7. The summed E-state index contributed by atoms with van der Waals surface area (Å²) in [6.45, 7) is 8.03. The summed E-state index contributed by atoms with van der Waals surface area (Å²) in [7, 11) is 0. The molecule has 0 aromatic carbocycles. The second kappa shape index (κ2) is 7.63. The third kappa shape index (κ3) is 6.61. The van der Waals surface area contributed by atoms with Crippen LogP contribution in [0.2, 0.25) is 0 Å². The Balaban J connectivity index is 2.23. The number of nitrogens with zero attached hydrogens (tertiary/aromatic N) is 1. The Morgan fingerprint density at radius 3 is 2.88 bits per heavy atom. The lowest BCUT2D eigenvalue weighted by Crippen LogP contribution is -2.42. The highest BCUT2D eigenvalue weighted by atomic mass is 16.3. The Morgan fingerprint density at radius 1 is 1.41 bits per heavy atom. The number of aliphatic hydroxyl groups is 1. The van der Waals surface area contributed by atoms with Gasteiger partial charge in [-0.05, 0) is 39.8 Å². The van der Waals surface area contributed by atoms with Crippen LogP contribution in [0.4, 0.5) is 0 Å². The van der Waals surface area contributed by atoms with Crippen molar-refractivity contribution in [3.8, 4) is 0 Å². The van der Waals surface area contributed by atoms with Gasteiger partial charge in [0.25, 0.3) is 0 Å². The Morgan fingerprint density at radius 2 is 2.18 bits per heavy atom. The highest BCUT2D eigenvalue weighted by Gasteiger charge is 2.14. The first-order valence-electron chi connectivity index (χ1n) is 6.48. The van der Waals surface area contributed by atoms with Crippen LogP contribution in [0, 0.1) is 0 Å².